The lowest BCUT2D eigenvalue weighted by molar-refractivity contribution is -0.143. The van der Waals surface area contributed by atoms with Crippen molar-refractivity contribution < 1.29 is 39.0 Å². The Hall–Kier alpha value is -3.22. The zero-order valence-electron chi connectivity index (χ0n) is 20.0. The molecule has 0 aliphatic rings. The Morgan fingerprint density at radius 1 is 0.735 bits per heavy atom. The van der Waals surface area contributed by atoms with E-state index in [4.69, 9.17) is 16.6 Å². The summed E-state index contributed by atoms with van der Waals surface area (Å²) >= 11 is 0. The van der Waals surface area contributed by atoms with Gasteiger partial charge in [0.2, 0.25) is 23.6 Å². The van der Waals surface area contributed by atoms with E-state index in [1.54, 1.807) is 27.7 Å². The van der Waals surface area contributed by atoms with Crippen molar-refractivity contribution >= 4 is 35.6 Å². The zero-order valence-corrected chi connectivity index (χ0v) is 20.0. The maximum atomic E-state index is 12.9. The lowest BCUT2D eigenvalue weighted by Crippen LogP contribution is -2.57. The number of hydrogen-bond donors (Lipinski definition) is 7. The summed E-state index contributed by atoms with van der Waals surface area (Å²) in [6.07, 6.45) is -0.925. The third-order valence-electron chi connectivity index (χ3n) is 4.70. The fourth-order valence-electron chi connectivity index (χ4n) is 3.07. The lowest BCUT2D eigenvalue weighted by atomic mass is 10.00. The van der Waals surface area contributed by atoms with Gasteiger partial charge in [0, 0.05) is 6.42 Å². The molecule has 0 fully saturated rings. The van der Waals surface area contributed by atoms with E-state index in [0.717, 1.165) is 0 Å². The summed E-state index contributed by atoms with van der Waals surface area (Å²) in [5.74, 6) is -5.81. The van der Waals surface area contributed by atoms with E-state index >= 15 is 0 Å². The van der Waals surface area contributed by atoms with Crippen LogP contribution in [0.4, 0.5) is 0 Å². The van der Waals surface area contributed by atoms with Crippen molar-refractivity contribution in [2.24, 2.45) is 23.3 Å². The van der Waals surface area contributed by atoms with Gasteiger partial charge in [0.15, 0.2) is 0 Å². The highest BCUT2D eigenvalue weighted by molar-refractivity contribution is 5.95. The van der Waals surface area contributed by atoms with Gasteiger partial charge >= 0.3 is 11.9 Å². The van der Waals surface area contributed by atoms with Gasteiger partial charge in [0.1, 0.15) is 18.1 Å². The van der Waals surface area contributed by atoms with E-state index in [2.05, 4.69) is 16.0 Å². The van der Waals surface area contributed by atoms with Crippen molar-refractivity contribution in [3.05, 3.63) is 0 Å². The maximum Gasteiger partial charge on any atom is 0.326 e. The van der Waals surface area contributed by atoms with E-state index in [-0.39, 0.29) is 31.1 Å². The van der Waals surface area contributed by atoms with Crippen LogP contribution in [0.25, 0.3) is 0 Å². The number of amides is 4. The van der Waals surface area contributed by atoms with Gasteiger partial charge in [-0.25, -0.2) is 4.79 Å². The van der Waals surface area contributed by atoms with Crippen LogP contribution in [0.15, 0.2) is 0 Å². The lowest BCUT2D eigenvalue weighted by Gasteiger charge is -2.26. The van der Waals surface area contributed by atoms with E-state index in [0.29, 0.717) is 0 Å². The summed E-state index contributed by atoms with van der Waals surface area (Å²) in [7, 11) is 0. The molecule has 0 rings (SSSR count). The van der Waals surface area contributed by atoms with Gasteiger partial charge in [-0.15, -0.1) is 0 Å². The Bertz CT molecular complexity index is 755. The van der Waals surface area contributed by atoms with Gasteiger partial charge in [-0.2, -0.15) is 0 Å². The minimum Gasteiger partial charge on any atom is -0.481 e. The van der Waals surface area contributed by atoms with Crippen LogP contribution in [0.5, 0.6) is 0 Å². The summed E-state index contributed by atoms with van der Waals surface area (Å²) in [5.41, 5.74) is 10.6. The highest BCUT2D eigenvalue weighted by Gasteiger charge is 2.31. The molecule has 13 nitrogen and oxygen atoms in total. The van der Waals surface area contributed by atoms with E-state index in [9.17, 15) is 33.9 Å². The summed E-state index contributed by atoms with van der Waals surface area (Å²) in [5, 5.41) is 25.5. The molecule has 4 unspecified atom stereocenters. The van der Waals surface area contributed by atoms with Crippen molar-refractivity contribution in [1.82, 2.24) is 16.0 Å². The Balaban J connectivity index is 5.58. The molecule has 194 valence electrons. The van der Waals surface area contributed by atoms with Crippen LogP contribution in [-0.2, 0) is 28.8 Å². The number of carboxylic acid groups (broad SMARTS) is 2. The van der Waals surface area contributed by atoms with Crippen LogP contribution in [0.1, 0.15) is 59.8 Å². The largest absolute Gasteiger partial charge is 0.481 e. The molecule has 0 spiro atoms. The molecule has 9 N–H and O–H groups in total. The second-order valence-corrected chi connectivity index (χ2v) is 8.99. The highest BCUT2D eigenvalue weighted by Crippen LogP contribution is 2.10. The molecule has 34 heavy (non-hydrogen) atoms. The molecular formula is C21H37N5O8. The molecule has 0 radical (unpaired) electrons. The predicted octanol–water partition coefficient (Wildman–Crippen LogP) is -1.31. The van der Waals surface area contributed by atoms with E-state index in [1.165, 1.54) is 0 Å². The normalized spacial score (nSPS) is 14.6. The number of hydrogen-bond acceptors (Lipinski definition) is 7. The van der Waals surface area contributed by atoms with E-state index < -0.39 is 72.6 Å². The average Bonchev–Trinajstić information content (AvgIpc) is 2.68. The van der Waals surface area contributed by atoms with Gasteiger partial charge < -0.3 is 37.6 Å². The number of carbonyl (C=O) groups excluding carboxylic acids is 4. The molecule has 13 heteroatoms. The fourth-order valence-corrected chi connectivity index (χ4v) is 3.07. The summed E-state index contributed by atoms with van der Waals surface area (Å²) in [4.78, 5) is 71.4. The maximum absolute atomic E-state index is 12.9. The molecule has 0 aliphatic carbocycles. The SMILES string of the molecule is CC(C)CC(NC(=O)C(CC(C)C)NC(=O)C(CCC(=O)O)NC(=O)C(N)CC(N)=O)C(=O)O. The van der Waals surface area contributed by atoms with Gasteiger partial charge in [-0.1, -0.05) is 27.7 Å². The smallest absolute Gasteiger partial charge is 0.326 e. The quantitative estimate of drug-likeness (QED) is 0.137. The zero-order chi connectivity index (χ0) is 26.6. The minimum absolute atomic E-state index is 0.0141. The number of carboxylic acids is 2. The molecule has 0 saturated heterocycles. The number of carbonyl (C=O) groups is 6. The van der Waals surface area contributed by atoms with Crippen LogP contribution in [-0.4, -0.2) is 69.9 Å². The number of rotatable bonds is 16. The van der Waals surface area contributed by atoms with Crippen LogP contribution < -0.4 is 27.4 Å². The van der Waals surface area contributed by atoms with Crippen LogP contribution in [0.2, 0.25) is 0 Å². The summed E-state index contributed by atoms with van der Waals surface area (Å²) in [6, 6.07) is -5.01. The Morgan fingerprint density at radius 2 is 1.18 bits per heavy atom. The van der Waals surface area contributed by atoms with Gasteiger partial charge in [-0.05, 0) is 31.1 Å². The molecule has 0 bridgehead atoms. The van der Waals surface area contributed by atoms with Crippen molar-refractivity contribution in [1.29, 1.82) is 0 Å². The minimum atomic E-state index is -1.36. The third-order valence-corrected chi connectivity index (χ3v) is 4.70. The molecule has 0 heterocycles. The number of nitrogens with two attached hydrogens (primary N) is 2. The monoisotopic (exact) mass is 487 g/mol. The standard InChI is InChI=1S/C21H37N5O8/c1-10(2)7-14(20(32)26-15(21(33)34)8-11(3)4)25-19(31)13(5-6-17(28)29)24-18(30)12(22)9-16(23)27/h10-15H,5-9,22H2,1-4H3,(H2,23,27)(H,24,30)(H,25,31)(H,26,32)(H,28,29)(H,33,34). The molecule has 4 amide bonds. The Kier molecular flexibility index (Phi) is 13.4. The molecule has 0 aliphatic heterocycles. The number of primary amides is 1. The van der Waals surface area contributed by atoms with Gasteiger partial charge in [0.05, 0.1) is 12.5 Å². The first-order valence-corrected chi connectivity index (χ1v) is 11.0. The predicted molar refractivity (Wildman–Crippen MR) is 121 cm³/mol. The molecule has 0 aromatic rings. The van der Waals surface area contributed by atoms with Crippen molar-refractivity contribution in [2.45, 2.75) is 84.0 Å². The molecule has 0 aromatic carbocycles. The van der Waals surface area contributed by atoms with Crippen LogP contribution in [0.3, 0.4) is 0 Å². The van der Waals surface area contributed by atoms with Crippen molar-refractivity contribution in [2.75, 3.05) is 0 Å². The molecule has 4 atom stereocenters. The summed E-state index contributed by atoms with van der Waals surface area (Å²) < 4.78 is 0. The third kappa shape index (κ3) is 12.7. The molecule has 0 saturated carbocycles. The van der Waals surface area contributed by atoms with Crippen molar-refractivity contribution in [3.8, 4) is 0 Å². The van der Waals surface area contributed by atoms with Gasteiger partial charge in [-0.3, -0.25) is 24.0 Å². The molecule has 0 aromatic heterocycles. The van der Waals surface area contributed by atoms with E-state index in [1.807, 2.05) is 0 Å². The second-order valence-electron chi connectivity index (χ2n) is 8.99. The van der Waals surface area contributed by atoms with Crippen LogP contribution in [0, 0.1) is 11.8 Å². The Labute approximate surface area is 198 Å². The van der Waals surface area contributed by atoms with Crippen molar-refractivity contribution in [3.63, 3.8) is 0 Å². The average molecular weight is 488 g/mol. The number of aliphatic carboxylic acids is 2. The van der Waals surface area contributed by atoms with Crippen LogP contribution >= 0.6 is 0 Å². The first-order chi connectivity index (χ1) is 15.6. The topological polar surface area (TPSA) is 231 Å². The molecular weight excluding hydrogens is 450 g/mol. The summed E-state index contributed by atoms with van der Waals surface area (Å²) in [6.45, 7) is 7.19. The second kappa shape index (κ2) is 14.8. The first kappa shape index (κ1) is 30.8. The fraction of sp³-hybridized carbons (Fsp3) is 0.714. The first-order valence-electron chi connectivity index (χ1n) is 11.0. The highest BCUT2D eigenvalue weighted by atomic mass is 16.4. The van der Waals surface area contributed by atoms with Gasteiger partial charge in [0.25, 0.3) is 0 Å². The number of nitrogens with one attached hydrogen (secondary N) is 3. The Morgan fingerprint density at radius 3 is 1.62 bits per heavy atom.